The Morgan fingerprint density at radius 2 is 2.29 bits per heavy atom. The first-order chi connectivity index (χ1) is 10.2. The lowest BCUT2D eigenvalue weighted by Crippen LogP contribution is -2.30. The highest BCUT2D eigenvalue weighted by atomic mass is 16.2. The molecule has 0 aliphatic heterocycles. The number of carbonyl (C=O) groups is 1. The van der Waals surface area contributed by atoms with Gasteiger partial charge in [0.25, 0.3) is 0 Å². The Morgan fingerprint density at radius 3 is 3.00 bits per heavy atom. The van der Waals surface area contributed by atoms with Crippen LogP contribution in [0.3, 0.4) is 0 Å². The molecule has 1 aromatic heterocycles. The van der Waals surface area contributed by atoms with Crippen molar-refractivity contribution < 1.29 is 4.79 Å². The Morgan fingerprint density at radius 1 is 1.43 bits per heavy atom. The molecule has 7 heteroatoms. The van der Waals surface area contributed by atoms with Crippen LogP contribution in [0, 0.1) is 0 Å². The number of amides is 2. The van der Waals surface area contributed by atoms with E-state index in [2.05, 4.69) is 38.1 Å². The zero-order valence-electron chi connectivity index (χ0n) is 12.2. The summed E-state index contributed by atoms with van der Waals surface area (Å²) in [6.45, 7) is 2.56. The van der Waals surface area contributed by atoms with Gasteiger partial charge in [0.2, 0.25) is 0 Å². The fourth-order valence-corrected chi connectivity index (χ4v) is 1.87. The summed E-state index contributed by atoms with van der Waals surface area (Å²) >= 11 is 0. The zero-order valence-corrected chi connectivity index (χ0v) is 12.2. The minimum atomic E-state index is -0.233. The fourth-order valence-electron chi connectivity index (χ4n) is 1.87. The van der Waals surface area contributed by atoms with Crippen molar-refractivity contribution in [1.82, 2.24) is 25.8 Å². The van der Waals surface area contributed by atoms with Crippen molar-refractivity contribution in [3.05, 3.63) is 42.0 Å². The first-order valence-electron chi connectivity index (χ1n) is 6.85. The molecule has 0 aliphatic rings. The number of aromatic nitrogens is 3. The molecule has 4 N–H and O–H groups in total. The number of H-pyrrole nitrogens is 1. The van der Waals surface area contributed by atoms with Crippen LogP contribution in [0.5, 0.6) is 0 Å². The molecule has 7 nitrogen and oxygen atoms in total. The van der Waals surface area contributed by atoms with Gasteiger partial charge in [-0.15, -0.1) is 0 Å². The third kappa shape index (κ3) is 4.57. The van der Waals surface area contributed by atoms with Gasteiger partial charge in [-0.05, 0) is 31.7 Å². The summed E-state index contributed by atoms with van der Waals surface area (Å²) in [5.41, 5.74) is 1.89. The molecule has 0 spiro atoms. The zero-order chi connectivity index (χ0) is 15.1. The van der Waals surface area contributed by atoms with Crippen molar-refractivity contribution in [2.45, 2.75) is 19.4 Å². The van der Waals surface area contributed by atoms with Crippen LogP contribution in [0.2, 0.25) is 0 Å². The number of rotatable bonds is 6. The highest BCUT2D eigenvalue weighted by Gasteiger charge is 2.05. The number of carbonyl (C=O) groups excluding carboxylic acids is 1. The van der Waals surface area contributed by atoms with Gasteiger partial charge in [0.15, 0.2) is 0 Å². The number of aromatic amines is 1. The molecule has 2 amide bonds. The second-order valence-corrected chi connectivity index (χ2v) is 4.70. The van der Waals surface area contributed by atoms with Crippen LogP contribution in [0.4, 0.5) is 10.5 Å². The lowest BCUT2D eigenvalue weighted by atomic mass is 10.1. The van der Waals surface area contributed by atoms with Gasteiger partial charge in [-0.3, -0.25) is 5.10 Å². The third-order valence-electron chi connectivity index (χ3n) is 3.19. The summed E-state index contributed by atoms with van der Waals surface area (Å²) in [6.07, 6.45) is 2.06. The molecule has 0 bridgehead atoms. The second kappa shape index (κ2) is 7.39. The van der Waals surface area contributed by atoms with Gasteiger partial charge in [-0.2, -0.15) is 5.10 Å². The summed E-state index contributed by atoms with van der Waals surface area (Å²) in [6, 6.07) is 7.77. The van der Waals surface area contributed by atoms with E-state index in [-0.39, 0.29) is 12.1 Å². The van der Waals surface area contributed by atoms with Crippen LogP contribution in [0.1, 0.15) is 24.4 Å². The number of hydrogen-bond acceptors (Lipinski definition) is 4. The molecule has 0 saturated heterocycles. The predicted octanol–water partition coefficient (Wildman–Crippen LogP) is 1.45. The van der Waals surface area contributed by atoms with Crippen molar-refractivity contribution in [3.63, 3.8) is 0 Å². The molecule has 112 valence electrons. The van der Waals surface area contributed by atoms with E-state index in [4.69, 9.17) is 0 Å². The minimum absolute atomic E-state index is 0.233. The number of nitrogens with zero attached hydrogens (tertiary/aromatic N) is 2. The molecule has 1 aromatic carbocycles. The molecular weight excluding hydrogens is 268 g/mol. The summed E-state index contributed by atoms with van der Waals surface area (Å²) in [4.78, 5) is 15.8. The Kier molecular flexibility index (Phi) is 5.28. The number of anilines is 1. The Hall–Kier alpha value is -2.41. The fraction of sp³-hybridized carbons (Fsp3) is 0.357. The van der Waals surface area contributed by atoms with E-state index in [1.807, 2.05) is 31.3 Å². The smallest absolute Gasteiger partial charge is 0.319 e. The molecule has 0 fully saturated rings. The van der Waals surface area contributed by atoms with E-state index in [0.29, 0.717) is 13.0 Å². The van der Waals surface area contributed by atoms with E-state index in [9.17, 15) is 4.79 Å². The molecule has 1 atom stereocenters. The number of nitrogens with one attached hydrogen (secondary N) is 4. The van der Waals surface area contributed by atoms with Crippen LogP contribution in [0.15, 0.2) is 30.6 Å². The van der Waals surface area contributed by atoms with Crippen molar-refractivity contribution in [2.75, 3.05) is 18.9 Å². The topological polar surface area (TPSA) is 94.7 Å². The van der Waals surface area contributed by atoms with Crippen molar-refractivity contribution in [2.24, 2.45) is 0 Å². The second-order valence-electron chi connectivity index (χ2n) is 4.70. The first kappa shape index (κ1) is 15.0. The van der Waals surface area contributed by atoms with E-state index >= 15 is 0 Å². The largest absolute Gasteiger partial charge is 0.337 e. The molecule has 2 rings (SSSR count). The minimum Gasteiger partial charge on any atom is -0.337 e. The van der Waals surface area contributed by atoms with Crippen LogP contribution in [0.25, 0.3) is 0 Å². The molecule has 0 radical (unpaired) electrons. The lowest BCUT2D eigenvalue weighted by molar-refractivity contribution is 0.252. The molecular formula is C14H20N6O. The van der Waals surface area contributed by atoms with E-state index in [1.54, 1.807) is 0 Å². The quantitative estimate of drug-likeness (QED) is 0.647. The summed E-state index contributed by atoms with van der Waals surface area (Å²) < 4.78 is 0. The summed E-state index contributed by atoms with van der Waals surface area (Å²) in [5, 5.41) is 15.3. The molecule has 21 heavy (non-hydrogen) atoms. The number of urea groups is 1. The van der Waals surface area contributed by atoms with Gasteiger partial charge >= 0.3 is 6.03 Å². The molecule has 0 saturated carbocycles. The van der Waals surface area contributed by atoms with E-state index in [1.165, 1.54) is 6.33 Å². The van der Waals surface area contributed by atoms with Gasteiger partial charge in [0.1, 0.15) is 12.2 Å². The van der Waals surface area contributed by atoms with Gasteiger partial charge in [0.05, 0.1) is 0 Å². The maximum Gasteiger partial charge on any atom is 0.319 e. The van der Waals surface area contributed by atoms with Crippen LogP contribution < -0.4 is 16.0 Å². The molecule has 1 heterocycles. The summed E-state index contributed by atoms with van der Waals surface area (Å²) in [7, 11) is 1.90. The number of benzene rings is 1. The van der Waals surface area contributed by atoms with E-state index < -0.39 is 0 Å². The maximum atomic E-state index is 11.8. The monoisotopic (exact) mass is 288 g/mol. The Bertz CT molecular complexity index is 569. The van der Waals surface area contributed by atoms with Gasteiger partial charge in [-0.25, -0.2) is 9.78 Å². The van der Waals surface area contributed by atoms with Crippen LogP contribution in [-0.2, 0) is 6.42 Å². The normalized spacial score (nSPS) is 11.9. The van der Waals surface area contributed by atoms with E-state index in [0.717, 1.165) is 17.1 Å². The molecule has 1 unspecified atom stereocenters. The number of hydrogen-bond donors (Lipinski definition) is 4. The summed E-state index contributed by atoms with van der Waals surface area (Å²) in [5.74, 6) is 0.750. The van der Waals surface area contributed by atoms with Crippen LogP contribution in [-0.4, -0.2) is 34.8 Å². The maximum absolute atomic E-state index is 11.8. The molecule has 0 aliphatic carbocycles. The van der Waals surface area contributed by atoms with Gasteiger partial charge < -0.3 is 16.0 Å². The van der Waals surface area contributed by atoms with Crippen molar-refractivity contribution in [3.8, 4) is 0 Å². The Balaban J connectivity index is 1.82. The lowest BCUT2D eigenvalue weighted by Gasteiger charge is -2.13. The highest BCUT2D eigenvalue weighted by molar-refractivity contribution is 5.89. The Labute approximate surface area is 123 Å². The third-order valence-corrected chi connectivity index (χ3v) is 3.19. The van der Waals surface area contributed by atoms with Gasteiger partial charge in [0, 0.05) is 24.7 Å². The van der Waals surface area contributed by atoms with Gasteiger partial charge in [-0.1, -0.05) is 12.1 Å². The van der Waals surface area contributed by atoms with Crippen LogP contribution >= 0.6 is 0 Å². The average Bonchev–Trinajstić information content (AvgIpc) is 3.00. The van der Waals surface area contributed by atoms with Crippen molar-refractivity contribution >= 4 is 11.7 Å². The standard InChI is InChI=1S/C14H20N6O/c1-10(15-2)11-4-3-5-12(8-11)19-14(21)16-7-6-13-17-9-18-20-13/h3-5,8-10,15H,6-7H2,1-2H3,(H2,16,19,21)(H,17,18,20). The van der Waals surface area contributed by atoms with Crippen molar-refractivity contribution in [1.29, 1.82) is 0 Å². The average molecular weight is 288 g/mol. The predicted molar refractivity (Wildman–Crippen MR) is 81.0 cm³/mol. The SMILES string of the molecule is CNC(C)c1cccc(NC(=O)NCCc2ncn[nH]2)c1. The first-order valence-corrected chi connectivity index (χ1v) is 6.85. The molecule has 2 aromatic rings. The highest BCUT2D eigenvalue weighted by Crippen LogP contribution is 2.16.